The molecule has 1 saturated carbocycles. The molecule has 0 heterocycles. The number of unbranched alkanes of at least 4 members (excludes halogenated alkanes) is 3. The van der Waals surface area contributed by atoms with Crippen LogP contribution in [-0.4, -0.2) is 35.5 Å². The van der Waals surface area contributed by atoms with Crippen LogP contribution in [0.2, 0.25) is 0 Å². The highest BCUT2D eigenvalue weighted by atomic mass is 16.5. The summed E-state index contributed by atoms with van der Waals surface area (Å²) in [6.07, 6.45) is 15.1. The van der Waals surface area contributed by atoms with Crippen molar-refractivity contribution in [2.24, 2.45) is 17.8 Å². The summed E-state index contributed by atoms with van der Waals surface area (Å²) in [5.41, 5.74) is 1.47. The van der Waals surface area contributed by atoms with Crippen LogP contribution in [0.3, 0.4) is 0 Å². The molecule has 0 aromatic rings. The first kappa shape index (κ1) is 21.2. The standard InChI is InChI=1S/C22H36O4/c1-3-4-5-9-18(23)11-12-19-20-14-16(13-17(20)15-21(19)24)8-6-7-10-22(25)26-2/h11-13,17-21,23-24H,3-10,14-15H2,1-2H3. The molecule has 148 valence electrons. The molecule has 0 bridgehead atoms. The van der Waals surface area contributed by atoms with Crippen molar-refractivity contribution in [3.05, 3.63) is 23.8 Å². The fourth-order valence-electron chi connectivity index (χ4n) is 4.47. The highest BCUT2D eigenvalue weighted by Crippen LogP contribution is 2.48. The predicted octanol–water partition coefficient (Wildman–Crippen LogP) is 4.16. The highest BCUT2D eigenvalue weighted by Gasteiger charge is 2.43. The van der Waals surface area contributed by atoms with Crippen molar-refractivity contribution in [2.75, 3.05) is 7.11 Å². The fourth-order valence-corrected chi connectivity index (χ4v) is 4.47. The number of aliphatic hydroxyl groups excluding tert-OH is 2. The molecule has 4 heteroatoms. The molecular weight excluding hydrogens is 328 g/mol. The Morgan fingerprint density at radius 2 is 2.15 bits per heavy atom. The molecule has 2 aliphatic rings. The number of aliphatic hydroxyl groups is 2. The van der Waals surface area contributed by atoms with E-state index in [1.165, 1.54) is 12.7 Å². The second-order valence-corrected chi connectivity index (χ2v) is 7.97. The van der Waals surface area contributed by atoms with Crippen molar-refractivity contribution in [3.63, 3.8) is 0 Å². The van der Waals surface area contributed by atoms with Gasteiger partial charge in [-0.2, -0.15) is 0 Å². The SMILES string of the molecule is CCCCCC(O)C=CC1C(O)CC2C=C(CCCCC(=O)OC)CC21. The molecule has 26 heavy (non-hydrogen) atoms. The zero-order valence-electron chi connectivity index (χ0n) is 16.4. The summed E-state index contributed by atoms with van der Waals surface area (Å²) in [6, 6.07) is 0. The third kappa shape index (κ3) is 6.24. The van der Waals surface area contributed by atoms with Crippen LogP contribution < -0.4 is 0 Å². The monoisotopic (exact) mass is 364 g/mol. The maximum absolute atomic E-state index is 11.2. The smallest absolute Gasteiger partial charge is 0.305 e. The van der Waals surface area contributed by atoms with E-state index in [-0.39, 0.29) is 24.1 Å². The molecule has 2 rings (SSSR count). The molecule has 0 aromatic heterocycles. The molecular formula is C22H36O4. The Balaban J connectivity index is 1.76. The van der Waals surface area contributed by atoms with Crippen LogP contribution >= 0.6 is 0 Å². The quantitative estimate of drug-likeness (QED) is 0.328. The van der Waals surface area contributed by atoms with Gasteiger partial charge in [0.05, 0.1) is 19.3 Å². The van der Waals surface area contributed by atoms with E-state index in [1.54, 1.807) is 0 Å². The van der Waals surface area contributed by atoms with Crippen molar-refractivity contribution in [1.82, 2.24) is 0 Å². The first-order valence-electron chi connectivity index (χ1n) is 10.4. The number of ether oxygens (including phenoxy) is 1. The summed E-state index contributed by atoms with van der Waals surface area (Å²) in [5, 5.41) is 20.5. The van der Waals surface area contributed by atoms with Crippen molar-refractivity contribution in [2.45, 2.75) is 83.3 Å². The summed E-state index contributed by atoms with van der Waals surface area (Å²) >= 11 is 0. The van der Waals surface area contributed by atoms with Gasteiger partial charge in [-0.3, -0.25) is 4.79 Å². The minimum absolute atomic E-state index is 0.131. The average Bonchev–Trinajstić information content (AvgIpc) is 3.13. The number of allylic oxidation sites excluding steroid dienone is 2. The van der Waals surface area contributed by atoms with Gasteiger partial charge in [-0.05, 0) is 50.4 Å². The topological polar surface area (TPSA) is 66.8 Å². The van der Waals surface area contributed by atoms with Crippen LogP contribution in [0.5, 0.6) is 0 Å². The molecule has 1 fully saturated rings. The third-order valence-corrected chi connectivity index (χ3v) is 5.97. The number of hydrogen-bond acceptors (Lipinski definition) is 4. The number of esters is 1. The lowest BCUT2D eigenvalue weighted by atomic mass is 9.88. The normalized spacial score (nSPS) is 29.0. The molecule has 5 unspecified atom stereocenters. The zero-order chi connectivity index (χ0) is 18.9. The summed E-state index contributed by atoms with van der Waals surface area (Å²) in [6.45, 7) is 2.16. The van der Waals surface area contributed by atoms with Crippen LogP contribution in [0.25, 0.3) is 0 Å². The highest BCUT2D eigenvalue weighted by molar-refractivity contribution is 5.68. The van der Waals surface area contributed by atoms with E-state index in [0.717, 1.165) is 57.8 Å². The summed E-state index contributed by atoms with van der Waals surface area (Å²) in [7, 11) is 1.43. The molecule has 2 N–H and O–H groups in total. The molecule has 0 saturated heterocycles. The van der Waals surface area contributed by atoms with Gasteiger partial charge in [-0.25, -0.2) is 0 Å². The zero-order valence-corrected chi connectivity index (χ0v) is 16.4. The second kappa shape index (κ2) is 10.9. The Labute approximate surface area is 158 Å². The average molecular weight is 365 g/mol. The fraction of sp³-hybridized carbons (Fsp3) is 0.773. The van der Waals surface area contributed by atoms with Crippen LogP contribution in [0, 0.1) is 17.8 Å². The first-order chi connectivity index (χ1) is 12.5. The van der Waals surface area contributed by atoms with Crippen molar-refractivity contribution in [3.8, 4) is 0 Å². The number of carbonyl (C=O) groups excluding carboxylic acids is 1. The minimum Gasteiger partial charge on any atom is -0.469 e. The van der Waals surface area contributed by atoms with E-state index in [9.17, 15) is 15.0 Å². The van der Waals surface area contributed by atoms with Gasteiger partial charge in [0, 0.05) is 12.3 Å². The number of rotatable bonds is 11. The van der Waals surface area contributed by atoms with Gasteiger partial charge in [0.1, 0.15) is 0 Å². The molecule has 2 aliphatic carbocycles. The van der Waals surface area contributed by atoms with Gasteiger partial charge in [0.2, 0.25) is 0 Å². The number of hydrogen-bond donors (Lipinski definition) is 2. The maximum Gasteiger partial charge on any atom is 0.305 e. The molecule has 0 amide bonds. The Morgan fingerprint density at radius 3 is 2.88 bits per heavy atom. The van der Waals surface area contributed by atoms with E-state index in [2.05, 4.69) is 23.8 Å². The Bertz CT molecular complexity index is 496. The predicted molar refractivity (Wildman–Crippen MR) is 104 cm³/mol. The van der Waals surface area contributed by atoms with Crippen molar-refractivity contribution in [1.29, 1.82) is 0 Å². The minimum atomic E-state index is -0.389. The summed E-state index contributed by atoms with van der Waals surface area (Å²) < 4.78 is 4.68. The number of carbonyl (C=O) groups is 1. The third-order valence-electron chi connectivity index (χ3n) is 5.97. The van der Waals surface area contributed by atoms with Gasteiger partial charge in [0.25, 0.3) is 0 Å². The van der Waals surface area contributed by atoms with Gasteiger partial charge in [-0.1, -0.05) is 50.0 Å². The number of fused-ring (bicyclic) bond motifs is 1. The summed E-state index contributed by atoms with van der Waals surface area (Å²) in [4.78, 5) is 11.2. The summed E-state index contributed by atoms with van der Waals surface area (Å²) in [5.74, 6) is 0.963. The van der Waals surface area contributed by atoms with Gasteiger partial charge in [0.15, 0.2) is 0 Å². The molecule has 5 atom stereocenters. The van der Waals surface area contributed by atoms with Crippen LogP contribution in [0.4, 0.5) is 0 Å². The molecule has 0 aromatic carbocycles. The van der Waals surface area contributed by atoms with E-state index >= 15 is 0 Å². The number of methoxy groups -OCH3 is 1. The lowest BCUT2D eigenvalue weighted by Gasteiger charge is -2.19. The van der Waals surface area contributed by atoms with Crippen LogP contribution in [-0.2, 0) is 9.53 Å². The Morgan fingerprint density at radius 1 is 1.35 bits per heavy atom. The van der Waals surface area contributed by atoms with E-state index in [1.807, 2.05) is 6.08 Å². The van der Waals surface area contributed by atoms with Crippen molar-refractivity contribution >= 4 is 5.97 Å². The molecule has 4 nitrogen and oxygen atoms in total. The molecule has 0 spiro atoms. The van der Waals surface area contributed by atoms with E-state index < -0.39 is 0 Å². The van der Waals surface area contributed by atoms with Crippen molar-refractivity contribution < 1.29 is 19.7 Å². The van der Waals surface area contributed by atoms with Crippen LogP contribution in [0.15, 0.2) is 23.8 Å². The second-order valence-electron chi connectivity index (χ2n) is 7.97. The van der Waals surface area contributed by atoms with E-state index in [0.29, 0.717) is 18.3 Å². The Kier molecular flexibility index (Phi) is 8.86. The van der Waals surface area contributed by atoms with Gasteiger partial charge < -0.3 is 14.9 Å². The Hall–Kier alpha value is -1.13. The maximum atomic E-state index is 11.2. The lowest BCUT2D eigenvalue weighted by molar-refractivity contribution is -0.140. The lowest BCUT2D eigenvalue weighted by Crippen LogP contribution is -2.18. The first-order valence-corrected chi connectivity index (χ1v) is 10.4. The van der Waals surface area contributed by atoms with E-state index in [4.69, 9.17) is 0 Å². The largest absolute Gasteiger partial charge is 0.469 e. The molecule has 0 aliphatic heterocycles. The molecule has 0 radical (unpaired) electrons. The van der Waals surface area contributed by atoms with Gasteiger partial charge >= 0.3 is 5.97 Å². The van der Waals surface area contributed by atoms with Gasteiger partial charge in [-0.15, -0.1) is 0 Å². The van der Waals surface area contributed by atoms with Crippen LogP contribution in [0.1, 0.15) is 71.1 Å².